The molecule has 0 radical (unpaired) electrons. The molecule has 3 aromatic rings. The predicted octanol–water partition coefficient (Wildman–Crippen LogP) is 4.36. The van der Waals surface area contributed by atoms with Crippen molar-refractivity contribution in [2.24, 2.45) is 0 Å². The quantitative estimate of drug-likeness (QED) is 0.594. The maximum atomic E-state index is 12.2. The van der Waals surface area contributed by atoms with Crippen molar-refractivity contribution in [2.45, 2.75) is 18.6 Å². The number of ether oxygens (including phenoxy) is 1. The van der Waals surface area contributed by atoms with Crippen molar-refractivity contribution in [3.63, 3.8) is 0 Å². The van der Waals surface area contributed by atoms with Crippen LogP contribution in [-0.2, 0) is 11.3 Å². The van der Waals surface area contributed by atoms with Gasteiger partial charge in [-0.05, 0) is 49.4 Å². The Bertz CT molecular complexity index is 928. The third-order valence-electron chi connectivity index (χ3n) is 3.82. The maximum Gasteiger partial charge on any atom is 0.234 e. The Morgan fingerprint density at radius 2 is 2.00 bits per heavy atom. The molecule has 0 unspecified atom stereocenters. The molecule has 0 fully saturated rings. The number of anilines is 1. The summed E-state index contributed by atoms with van der Waals surface area (Å²) in [5.74, 6) is 1.65. The molecule has 0 saturated carbocycles. The number of nitrogens with one attached hydrogen (secondary N) is 1. The van der Waals surface area contributed by atoms with Gasteiger partial charge in [-0.25, -0.2) is 0 Å². The van der Waals surface area contributed by atoms with E-state index in [-0.39, 0.29) is 11.7 Å². The normalized spacial score (nSPS) is 10.6. The first-order valence-electron chi connectivity index (χ1n) is 8.36. The van der Waals surface area contributed by atoms with Crippen LogP contribution < -0.4 is 10.1 Å². The lowest BCUT2D eigenvalue weighted by molar-refractivity contribution is -0.113. The fourth-order valence-electron chi connectivity index (χ4n) is 2.53. The van der Waals surface area contributed by atoms with Gasteiger partial charge in [0.05, 0.1) is 12.9 Å². The van der Waals surface area contributed by atoms with E-state index in [2.05, 4.69) is 15.5 Å². The Labute approximate surface area is 166 Å². The molecule has 1 heterocycles. The standard InChI is InChI=1S/C19H19ClN4O2S/c1-3-24-18(13-7-9-16(26-2)10-8-13)22-23-19(24)27-12-17(25)21-15-6-4-5-14(20)11-15/h4-11H,3,12H2,1-2H3,(H,21,25). The monoisotopic (exact) mass is 402 g/mol. The number of hydrogen-bond donors (Lipinski definition) is 1. The van der Waals surface area contributed by atoms with E-state index >= 15 is 0 Å². The van der Waals surface area contributed by atoms with Crippen LogP contribution in [0.1, 0.15) is 6.92 Å². The second-order valence-corrected chi connectivity index (χ2v) is 7.01. The molecule has 2 aromatic carbocycles. The summed E-state index contributed by atoms with van der Waals surface area (Å²) in [4.78, 5) is 12.2. The van der Waals surface area contributed by atoms with Crippen LogP contribution >= 0.6 is 23.4 Å². The largest absolute Gasteiger partial charge is 0.497 e. The van der Waals surface area contributed by atoms with Crippen LogP contribution in [0.3, 0.4) is 0 Å². The van der Waals surface area contributed by atoms with Crippen molar-refractivity contribution in [3.05, 3.63) is 53.6 Å². The van der Waals surface area contributed by atoms with Gasteiger partial charge in [0.1, 0.15) is 5.75 Å². The molecule has 0 aliphatic rings. The molecular weight excluding hydrogens is 384 g/mol. The van der Waals surface area contributed by atoms with E-state index in [9.17, 15) is 4.79 Å². The number of carbonyl (C=O) groups is 1. The fraction of sp³-hybridized carbons (Fsp3) is 0.211. The predicted molar refractivity (Wildman–Crippen MR) is 108 cm³/mol. The second kappa shape index (κ2) is 8.92. The molecule has 1 aromatic heterocycles. The van der Waals surface area contributed by atoms with Gasteiger partial charge in [0.2, 0.25) is 5.91 Å². The van der Waals surface area contributed by atoms with E-state index in [1.807, 2.05) is 35.8 Å². The van der Waals surface area contributed by atoms with Gasteiger partial charge in [-0.1, -0.05) is 29.4 Å². The first kappa shape index (κ1) is 19.3. The Morgan fingerprint density at radius 1 is 1.22 bits per heavy atom. The van der Waals surface area contributed by atoms with Gasteiger partial charge in [0, 0.05) is 22.8 Å². The number of aromatic nitrogens is 3. The van der Waals surface area contributed by atoms with Crippen LogP contribution in [0, 0.1) is 0 Å². The Hall–Kier alpha value is -2.51. The molecule has 0 bridgehead atoms. The molecule has 0 aliphatic heterocycles. The Morgan fingerprint density at radius 3 is 2.67 bits per heavy atom. The van der Waals surface area contributed by atoms with E-state index in [0.717, 1.165) is 17.1 Å². The zero-order valence-electron chi connectivity index (χ0n) is 15.0. The van der Waals surface area contributed by atoms with Crippen molar-refractivity contribution in [2.75, 3.05) is 18.2 Å². The molecule has 0 aliphatic carbocycles. The van der Waals surface area contributed by atoms with Gasteiger partial charge < -0.3 is 14.6 Å². The number of rotatable bonds is 7. The first-order valence-corrected chi connectivity index (χ1v) is 9.73. The third kappa shape index (κ3) is 4.81. The summed E-state index contributed by atoms with van der Waals surface area (Å²) in [6.45, 7) is 2.72. The van der Waals surface area contributed by atoms with Gasteiger partial charge in [0.15, 0.2) is 11.0 Å². The zero-order valence-corrected chi connectivity index (χ0v) is 16.5. The van der Waals surface area contributed by atoms with Crippen LogP contribution in [0.5, 0.6) is 5.75 Å². The van der Waals surface area contributed by atoms with Crippen LogP contribution in [0.2, 0.25) is 5.02 Å². The van der Waals surface area contributed by atoms with Crippen LogP contribution in [0.15, 0.2) is 53.7 Å². The summed E-state index contributed by atoms with van der Waals surface area (Å²) in [5.41, 5.74) is 1.62. The molecule has 140 valence electrons. The lowest BCUT2D eigenvalue weighted by Crippen LogP contribution is -2.14. The topological polar surface area (TPSA) is 69.0 Å². The molecule has 1 N–H and O–H groups in total. The Balaban J connectivity index is 1.68. The zero-order chi connectivity index (χ0) is 19.2. The summed E-state index contributed by atoms with van der Waals surface area (Å²) in [5, 5.41) is 12.6. The summed E-state index contributed by atoms with van der Waals surface area (Å²) in [6.07, 6.45) is 0. The maximum absolute atomic E-state index is 12.2. The number of methoxy groups -OCH3 is 1. The van der Waals surface area contributed by atoms with E-state index in [0.29, 0.717) is 22.4 Å². The molecule has 3 rings (SSSR count). The molecule has 8 heteroatoms. The van der Waals surface area contributed by atoms with Crippen LogP contribution in [0.4, 0.5) is 5.69 Å². The highest BCUT2D eigenvalue weighted by molar-refractivity contribution is 7.99. The molecule has 27 heavy (non-hydrogen) atoms. The number of hydrogen-bond acceptors (Lipinski definition) is 5. The van der Waals surface area contributed by atoms with Gasteiger partial charge >= 0.3 is 0 Å². The SMILES string of the molecule is CCn1c(SCC(=O)Nc2cccc(Cl)c2)nnc1-c1ccc(OC)cc1. The summed E-state index contributed by atoms with van der Waals surface area (Å²) >= 11 is 7.28. The smallest absolute Gasteiger partial charge is 0.234 e. The van der Waals surface area contributed by atoms with Crippen molar-refractivity contribution < 1.29 is 9.53 Å². The van der Waals surface area contributed by atoms with Crippen molar-refractivity contribution in [3.8, 4) is 17.1 Å². The highest BCUT2D eigenvalue weighted by Crippen LogP contribution is 2.25. The van der Waals surface area contributed by atoms with Gasteiger partial charge in [-0.3, -0.25) is 4.79 Å². The van der Waals surface area contributed by atoms with E-state index < -0.39 is 0 Å². The van der Waals surface area contributed by atoms with Crippen molar-refractivity contribution in [1.29, 1.82) is 0 Å². The van der Waals surface area contributed by atoms with Crippen LogP contribution in [0.25, 0.3) is 11.4 Å². The van der Waals surface area contributed by atoms with Gasteiger partial charge in [-0.15, -0.1) is 10.2 Å². The third-order valence-corrected chi connectivity index (χ3v) is 5.02. The molecule has 0 atom stereocenters. The molecule has 1 amide bonds. The number of carbonyl (C=O) groups excluding carboxylic acids is 1. The number of thioether (sulfide) groups is 1. The average molecular weight is 403 g/mol. The number of benzene rings is 2. The fourth-order valence-corrected chi connectivity index (χ4v) is 3.52. The summed E-state index contributed by atoms with van der Waals surface area (Å²) < 4.78 is 7.17. The van der Waals surface area contributed by atoms with Crippen LogP contribution in [-0.4, -0.2) is 33.5 Å². The number of nitrogens with zero attached hydrogens (tertiary/aromatic N) is 3. The van der Waals surface area contributed by atoms with Crippen molar-refractivity contribution >= 4 is 35.0 Å². The molecular formula is C19H19ClN4O2S. The molecule has 6 nitrogen and oxygen atoms in total. The van der Waals surface area contributed by atoms with Gasteiger partial charge in [0.25, 0.3) is 0 Å². The lowest BCUT2D eigenvalue weighted by atomic mass is 10.2. The minimum Gasteiger partial charge on any atom is -0.497 e. The summed E-state index contributed by atoms with van der Waals surface area (Å²) in [6, 6.07) is 14.7. The van der Waals surface area contributed by atoms with E-state index in [1.54, 1.807) is 31.4 Å². The highest BCUT2D eigenvalue weighted by Gasteiger charge is 2.15. The average Bonchev–Trinajstić information content (AvgIpc) is 3.09. The molecule has 0 spiro atoms. The van der Waals surface area contributed by atoms with E-state index in [1.165, 1.54) is 11.8 Å². The first-order chi connectivity index (χ1) is 13.1. The van der Waals surface area contributed by atoms with Crippen molar-refractivity contribution in [1.82, 2.24) is 14.8 Å². The second-order valence-electron chi connectivity index (χ2n) is 5.63. The highest BCUT2D eigenvalue weighted by atomic mass is 35.5. The minimum absolute atomic E-state index is 0.126. The summed E-state index contributed by atoms with van der Waals surface area (Å²) in [7, 11) is 1.63. The molecule has 0 saturated heterocycles. The van der Waals surface area contributed by atoms with Gasteiger partial charge in [-0.2, -0.15) is 0 Å². The minimum atomic E-state index is -0.126. The van der Waals surface area contributed by atoms with E-state index in [4.69, 9.17) is 16.3 Å². The number of halogens is 1. The lowest BCUT2D eigenvalue weighted by Gasteiger charge is -2.08. The Kier molecular flexibility index (Phi) is 6.36. The number of amides is 1.